The van der Waals surface area contributed by atoms with E-state index in [4.69, 9.17) is 18.9 Å². The Morgan fingerprint density at radius 1 is 0.400 bits per heavy atom. The van der Waals surface area contributed by atoms with E-state index < -0.39 is 65.4 Å². The smallest absolute Gasteiger partial charge is 0.318 e. The summed E-state index contributed by atoms with van der Waals surface area (Å²) >= 11 is 0. The van der Waals surface area contributed by atoms with Crippen molar-refractivity contribution < 1.29 is 38.6 Å². The van der Waals surface area contributed by atoms with Gasteiger partial charge in [-0.25, -0.2) is 0 Å². The molecule has 200 valence electrons. The molecule has 1 aliphatic heterocycles. The monoisotopic (exact) mass is 548 g/mol. The third-order valence-corrected chi connectivity index (χ3v) is 5.39. The minimum absolute atomic E-state index is 0.0458. The highest BCUT2D eigenvalue weighted by atomic mass is 16.6. The fourth-order valence-electron chi connectivity index (χ4n) is 3.69. The summed E-state index contributed by atoms with van der Waals surface area (Å²) in [6.07, 6.45) is 0. The lowest BCUT2D eigenvalue weighted by Crippen LogP contribution is -2.01. The van der Waals surface area contributed by atoms with E-state index in [1.165, 1.54) is 48.5 Å². The van der Waals surface area contributed by atoms with Gasteiger partial charge in [0.25, 0.3) is 0 Å². The Bertz CT molecular complexity index is 1500. The maximum Gasteiger partial charge on any atom is 0.318 e. The van der Waals surface area contributed by atoms with E-state index >= 15 is 0 Å². The number of fused-ring (bicyclic) bond motifs is 8. The van der Waals surface area contributed by atoms with Gasteiger partial charge < -0.3 is 18.9 Å². The van der Waals surface area contributed by atoms with Crippen molar-refractivity contribution in [3.63, 3.8) is 0 Å². The molecule has 0 saturated carbocycles. The predicted octanol–water partition coefficient (Wildman–Crippen LogP) is 6.80. The van der Waals surface area contributed by atoms with Gasteiger partial charge in [-0.05, 0) is 24.3 Å². The molecule has 0 N–H and O–H groups in total. The van der Waals surface area contributed by atoms with E-state index in [1.54, 1.807) is 0 Å². The highest BCUT2D eigenvalue weighted by Gasteiger charge is 2.30. The molecule has 0 saturated heterocycles. The van der Waals surface area contributed by atoms with Crippen LogP contribution >= 0.6 is 0 Å². The van der Waals surface area contributed by atoms with Crippen LogP contribution in [0.3, 0.4) is 0 Å². The zero-order chi connectivity index (χ0) is 28.6. The lowest BCUT2D eigenvalue weighted by Gasteiger charge is -2.14. The van der Waals surface area contributed by atoms with E-state index in [1.807, 2.05) is 0 Å². The van der Waals surface area contributed by atoms with Crippen LogP contribution in [0.5, 0.6) is 46.0 Å². The Kier molecular flexibility index (Phi) is 6.24. The molecule has 0 fully saturated rings. The molecule has 8 bridgehead atoms. The number of rotatable bonds is 4. The molecule has 16 nitrogen and oxygen atoms in total. The molecular weight excluding hydrogens is 536 g/mol. The Morgan fingerprint density at radius 2 is 0.650 bits per heavy atom. The van der Waals surface area contributed by atoms with Crippen molar-refractivity contribution in [3.05, 3.63) is 113 Å². The van der Waals surface area contributed by atoms with Gasteiger partial charge in [0.1, 0.15) is 35.1 Å². The van der Waals surface area contributed by atoms with Gasteiger partial charge in [-0.1, -0.05) is 12.1 Å². The van der Waals surface area contributed by atoms with Crippen LogP contribution < -0.4 is 18.9 Å². The average molecular weight is 548 g/mol. The summed E-state index contributed by atoms with van der Waals surface area (Å²) in [6, 6.07) is 14.0. The van der Waals surface area contributed by atoms with E-state index in [2.05, 4.69) is 0 Å². The third kappa shape index (κ3) is 4.94. The number of nitrogens with zero attached hydrogens (tertiary/aromatic N) is 4. The number of nitro benzene ring substituents is 4. The van der Waals surface area contributed by atoms with E-state index in [-0.39, 0.29) is 23.0 Å². The lowest BCUT2D eigenvalue weighted by molar-refractivity contribution is -0.395. The maximum absolute atomic E-state index is 11.7. The standard InChI is InChI=1S/C24H12N4O12/c29-25(30)17-9-19(27(33)34)23-11-21(17)37-13-3-1-4-14(7-13)38-22-12-24(20(28(35)36)10-18(22)26(31)32)40-16-6-2-5-15(8-16)39-23/h1-12H. The highest BCUT2D eigenvalue weighted by Crippen LogP contribution is 2.46. The lowest BCUT2D eigenvalue weighted by atomic mass is 10.2. The Labute approximate surface area is 221 Å². The molecule has 1 heterocycles. The number of ether oxygens (including phenoxy) is 4. The first-order valence-electron chi connectivity index (χ1n) is 10.9. The molecule has 0 aromatic heterocycles. The van der Waals surface area contributed by atoms with E-state index in [0.29, 0.717) is 12.1 Å². The van der Waals surface area contributed by atoms with Gasteiger partial charge in [0.15, 0.2) is 0 Å². The molecule has 0 spiro atoms. The normalized spacial score (nSPS) is 11.6. The van der Waals surface area contributed by atoms with Crippen LogP contribution in [0.25, 0.3) is 0 Å². The summed E-state index contributed by atoms with van der Waals surface area (Å²) in [7, 11) is 0. The number of hydrogen-bond acceptors (Lipinski definition) is 12. The first kappa shape index (κ1) is 25.3. The van der Waals surface area contributed by atoms with Gasteiger partial charge in [0.05, 0.1) is 19.7 Å². The molecular formula is C24H12N4O12. The molecule has 5 rings (SSSR count). The quantitative estimate of drug-likeness (QED) is 0.168. The van der Waals surface area contributed by atoms with Crippen LogP contribution in [0.2, 0.25) is 0 Å². The topological polar surface area (TPSA) is 209 Å². The van der Waals surface area contributed by atoms with Crippen LogP contribution in [-0.2, 0) is 0 Å². The summed E-state index contributed by atoms with van der Waals surface area (Å²) in [5.74, 6) is -1.83. The van der Waals surface area contributed by atoms with Gasteiger partial charge in [0.2, 0.25) is 23.0 Å². The Hall–Kier alpha value is -6.32. The van der Waals surface area contributed by atoms with Crippen molar-refractivity contribution in [2.75, 3.05) is 0 Å². The Morgan fingerprint density at radius 3 is 0.875 bits per heavy atom. The SMILES string of the molecule is O=[N+]([O-])c1cc([N+](=O)[O-])c2cc1Oc1cccc(c1)Oc1cc(c([N+](=O)[O-])cc1[N+](=O)[O-])Oc1cccc(c1)O2. The molecule has 0 radical (unpaired) electrons. The van der Waals surface area contributed by atoms with E-state index in [9.17, 15) is 40.5 Å². The predicted molar refractivity (Wildman–Crippen MR) is 133 cm³/mol. The second-order valence-corrected chi connectivity index (χ2v) is 7.96. The fraction of sp³-hybridized carbons (Fsp3) is 0. The molecule has 40 heavy (non-hydrogen) atoms. The second-order valence-electron chi connectivity index (χ2n) is 7.96. The number of benzene rings is 4. The zero-order valence-electron chi connectivity index (χ0n) is 19.6. The Balaban J connectivity index is 1.75. The second kappa shape index (κ2) is 9.86. The van der Waals surface area contributed by atoms with Crippen LogP contribution in [0.15, 0.2) is 72.8 Å². The van der Waals surface area contributed by atoms with Crippen molar-refractivity contribution in [3.8, 4) is 46.0 Å². The largest absolute Gasteiger partial charge is 0.450 e. The molecule has 4 aromatic rings. The van der Waals surface area contributed by atoms with Crippen LogP contribution in [0.1, 0.15) is 0 Å². The van der Waals surface area contributed by atoms with Gasteiger partial charge >= 0.3 is 22.7 Å². The highest BCUT2D eigenvalue weighted by molar-refractivity contribution is 5.65. The first-order chi connectivity index (χ1) is 19.1. The molecule has 1 aliphatic rings. The van der Waals surface area contributed by atoms with Gasteiger partial charge in [-0.3, -0.25) is 40.5 Å². The first-order valence-corrected chi connectivity index (χ1v) is 10.9. The van der Waals surface area contributed by atoms with Crippen LogP contribution in [0.4, 0.5) is 22.7 Å². The van der Waals surface area contributed by atoms with E-state index in [0.717, 1.165) is 12.1 Å². The molecule has 0 atom stereocenters. The van der Waals surface area contributed by atoms with Gasteiger partial charge in [0, 0.05) is 24.3 Å². The summed E-state index contributed by atoms with van der Waals surface area (Å²) in [5.41, 5.74) is -2.95. The summed E-state index contributed by atoms with van der Waals surface area (Å²) in [4.78, 5) is 43.3. The van der Waals surface area contributed by atoms with Crippen LogP contribution in [0, 0.1) is 40.5 Å². The molecule has 16 heteroatoms. The van der Waals surface area contributed by atoms with Crippen molar-refractivity contribution in [1.29, 1.82) is 0 Å². The fourth-order valence-corrected chi connectivity index (χ4v) is 3.69. The summed E-state index contributed by atoms with van der Waals surface area (Å²) < 4.78 is 22.6. The van der Waals surface area contributed by atoms with Crippen molar-refractivity contribution in [1.82, 2.24) is 0 Å². The maximum atomic E-state index is 11.7. The molecule has 0 amide bonds. The average Bonchev–Trinajstić information content (AvgIpc) is 2.88. The van der Waals surface area contributed by atoms with Crippen molar-refractivity contribution >= 4 is 22.7 Å². The van der Waals surface area contributed by atoms with Gasteiger partial charge in [-0.2, -0.15) is 0 Å². The molecule has 0 unspecified atom stereocenters. The summed E-state index contributed by atoms with van der Waals surface area (Å²) in [6.45, 7) is 0. The molecule has 0 aliphatic carbocycles. The minimum Gasteiger partial charge on any atom is -0.450 e. The van der Waals surface area contributed by atoms with Crippen molar-refractivity contribution in [2.45, 2.75) is 0 Å². The number of hydrogen-bond donors (Lipinski definition) is 0. The van der Waals surface area contributed by atoms with Crippen molar-refractivity contribution in [2.24, 2.45) is 0 Å². The minimum atomic E-state index is -0.874. The van der Waals surface area contributed by atoms with Gasteiger partial charge in [-0.15, -0.1) is 0 Å². The zero-order valence-corrected chi connectivity index (χ0v) is 19.6. The summed E-state index contributed by atoms with van der Waals surface area (Å²) in [5, 5.41) is 46.8. The third-order valence-electron chi connectivity index (χ3n) is 5.39. The number of nitro groups is 4. The van der Waals surface area contributed by atoms with Crippen LogP contribution in [-0.4, -0.2) is 19.7 Å². The molecule has 4 aromatic carbocycles.